The Balaban J connectivity index is 2.10. The van der Waals surface area contributed by atoms with Crippen molar-refractivity contribution in [3.8, 4) is 5.75 Å². The molecule has 0 saturated carbocycles. The summed E-state index contributed by atoms with van der Waals surface area (Å²) in [5.74, 6) is -0.951. The van der Waals surface area contributed by atoms with Gasteiger partial charge in [-0.15, -0.1) is 0 Å². The van der Waals surface area contributed by atoms with E-state index in [2.05, 4.69) is 0 Å². The molecule has 0 radical (unpaired) electrons. The Morgan fingerprint density at radius 2 is 1.94 bits per heavy atom. The van der Waals surface area contributed by atoms with Gasteiger partial charge < -0.3 is 4.74 Å². The lowest BCUT2D eigenvalue weighted by Gasteiger charge is -2.06. The molecule has 4 heteroatoms. The van der Waals surface area contributed by atoms with Crippen LogP contribution in [0.4, 0.5) is 8.78 Å². The minimum Gasteiger partial charge on any atom is -0.489 e. The van der Waals surface area contributed by atoms with Gasteiger partial charge in [-0.3, -0.25) is 0 Å². The van der Waals surface area contributed by atoms with Gasteiger partial charge in [-0.1, -0.05) is 0 Å². The van der Waals surface area contributed by atoms with Crippen LogP contribution in [-0.2, 0) is 6.61 Å². The van der Waals surface area contributed by atoms with Crippen molar-refractivity contribution < 1.29 is 13.5 Å². The van der Waals surface area contributed by atoms with Gasteiger partial charge >= 0.3 is 0 Å². The summed E-state index contributed by atoms with van der Waals surface area (Å²) in [6.45, 7) is 1.72. The third-order valence-electron chi connectivity index (χ3n) is 2.24. The van der Waals surface area contributed by atoms with E-state index in [1.165, 1.54) is 19.1 Å². The van der Waals surface area contributed by atoms with E-state index in [9.17, 15) is 8.78 Å². The summed E-state index contributed by atoms with van der Waals surface area (Å²) in [7, 11) is 0. The lowest BCUT2D eigenvalue weighted by molar-refractivity contribution is 0.303. The zero-order valence-corrected chi connectivity index (χ0v) is 9.48. The van der Waals surface area contributed by atoms with Crippen molar-refractivity contribution >= 4 is 11.3 Å². The van der Waals surface area contributed by atoms with Gasteiger partial charge in [0, 0.05) is 17.7 Å². The fourth-order valence-electron chi connectivity index (χ4n) is 1.25. The van der Waals surface area contributed by atoms with Crippen molar-refractivity contribution in [2.75, 3.05) is 0 Å². The van der Waals surface area contributed by atoms with Crippen molar-refractivity contribution in [1.29, 1.82) is 0 Å². The Kier molecular flexibility index (Phi) is 3.19. The molecule has 84 valence electrons. The minimum atomic E-state index is -0.583. The number of rotatable bonds is 3. The summed E-state index contributed by atoms with van der Waals surface area (Å²) < 4.78 is 31.7. The molecule has 0 aliphatic heterocycles. The Hall–Kier alpha value is -1.42. The van der Waals surface area contributed by atoms with Gasteiger partial charge in [0.25, 0.3) is 0 Å². The first-order valence-electron chi connectivity index (χ1n) is 4.76. The van der Waals surface area contributed by atoms with Gasteiger partial charge in [0.15, 0.2) is 0 Å². The molecule has 1 nitrogen and oxygen atoms in total. The second kappa shape index (κ2) is 4.61. The fraction of sp³-hybridized carbons (Fsp3) is 0.167. The molecule has 16 heavy (non-hydrogen) atoms. The zero-order chi connectivity index (χ0) is 11.5. The Morgan fingerprint density at radius 1 is 1.25 bits per heavy atom. The van der Waals surface area contributed by atoms with Crippen LogP contribution in [0.15, 0.2) is 29.0 Å². The number of thiophene rings is 1. The van der Waals surface area contributed by atoms with E-state index in [0.29, 0.717) is 6.61 Å². The lowest BCUT2D eigenvalue weighted by atomic mass is 10.2. The van der Waals surface area contributed by atoms with Crippen molar-refractivity contribution in [2.45, 2.75) is 13.5 Å². The fourth-order valence-corrected chi connectivity index (χ4v) is 1.90. The molecule has 0 aliphatic carbocycles. The number of ether oxygens (including phenoxy) is 1. The maximum Gasteiger partial charge on any atom is 0.132 e. The molecular weight excluding hydrogens is 230 g/mol. The van der Waals surface area contributed by atoms with Crippen LogP contribution in [0, 0.1) is 18.6 Å². The molecule has 2 aromatic rings. The van der Waals surface area contributed by atoms with Crippen molar-refractivity contribution in [2.24, 2.45) is 0 Å². The number of halogens is 2. The second-order valence-corrected chi connectivity index (χ2v) is 4.21. The SMILES string of the molecule is Cc1c(F)cc(OCc2ccsc2)cc1F. The van der Waals surface area contributed by atoms with Crippen molar-refractivity contribution in [1.82, 2.24) is 0 Å². The third-order valence-corrected chi connectivity index (χ3v) is 2.97. The van der Waals surface area contributed by atoms with E-state index in [1.807, 2.05) is 16.8 Å². The highest BCUT2D eigenvalue weighted by molar-refractivity contribution is 7.07. The molecule has 0 N–H and O–H groups in total. The third kappa shape index (κ3) is 2.39. The number of hydrogen-bond donors (Lipinski definition) is 0. The molecule has 1 heterocycles. The molecule has 1 aromatic heterocycles. The van der Waals surface area contributed by atoms with Gasteiger partial charge in [-0.25, -0.2) is 8.78 Å². The summed E-state index contributed by atoms with van der Waals surface area (Å²) in [5.41, 5.74) is 1.01. The average Bonchev–Trinajstić information content (AvgIpc) is 2.75. The van der Waals surface area contributed by atoms with Crippen LogP contribution in [0.2, 0.25) is 0 Å². The van der Waals surface area contributed by atoms with Gasteiger partial charge in [-0.05, 0) is 29.3 Å². The van der Waals surface area contributed by atoms with E-state index in [1.54, 1.807) is 11.3 Å². The molecule has 1 aromatic carbocycles. The van der Waals surface area contributed by atoms with E-state index < -0.39 is 11.6 Å². The van der Waals surface area contributed by atoms with Gasteiger partial charge in [0.2, 0.25) is 0 Å². The van der Waals surface area contributed by atoms with Crippen LogP contribution < -0.4 is 4.74 Å². The van der Waals surface area contributed by atoms with Crippen LogP contribution in [-0.4, -0.2) is 0 Å². The van der Waals surface area contributed by atoms with E-state index >= 15 is 0 Å². The topological polar surface area (TPSA) is 9.23 Å². The quantitative estimate of drug-likeness (QED) is 0.790. The van der Waals surface area contributed by atoms with Crippen LogP contribution >= 0.6 is 11.3 Å². The first-order valence-corrected chi connectivity index (χ1v) is 5.70. The predicted molar refractivity (Wildman–Crippen MR) is 59.7 cm³/mol. The highest BCUT2D eigenvalue weighted by atomic mass is 32.1. The predicted octanol–water partition coefficient (Wildman–Crippen LogP) is 3.91. The molecule has 0 atom stereocenters. The maximum atomic E-state index is 13.2. The monoisotopic (exact) mass is 240 g/mol. The van der Waals surface area contributed by atoms with Gasteiger partial charge in [-0.2, -0.15) is 11.3 Å². The Morgan fingerprint density at radius 3 is 2.50 bits per heavy atom. The summed E-state index contributed by atoms with van der Waals surface area (Å²) in [5, 5.41) is 3.86. The minimum absolute atomic E-state index is 0.0166. The molecule has 0 saturated heterocycles. The molecule has 0 aliphatic rings. The van der Waals surface area contributed by atoms with Crippen molar-refractivity contribution in [3.05, 3.63) is 51.7 Å². The highest BCUT2D eigenvalue weighted by Crippen LogP contribution is 2.21. The summed E-state index contributed by atoms with van der Waals surface area (Å²) >= 11 is 1.56. The molecule has 0 spiro atoms. The van der Waals surface area contributed by atoms with E-state index in [4.69, 9.17) is 4.74 Å². The van der Waals surface area contributed by atoms with Gasteiger partial charge in [0.1, 0.15) is 24.0 Å². The van der Waals surface area contributed by atoms with Crippen molar-refractivity contribution in [3.63, 3.8) is 0 Å². The van der Waals surface area contributed by atoms with Crippen LogP contribution in [0.1, 0.15) is 11.1 Å². The Bertz CT molecular complexity index is 457. The van der Waals surface area contributed by atoms with Crippen LogP contribution in [0.25, 0.3) is 0 Å². The highest BCUT2D eigenvalue weighted by Gasteiger charge is 2.07. The number of hydrogen-bond acceptors (Lipinski definition) is 2. The maximum absolute atomic E-state index is 13.2. The first-order chi connectivity index (χ1) is 7.66. The Labute approximate surface area is 96.3 Å². The molecule has 2 rings (SSSR count). The lowest BCUT2D eigenvalue weighted by Crippen LogP contribution is -1.96. The summed E-state index contributed by atoms with van der Waals surface area (Å²) in [4.78, 5) is 0. The molecule has 0 bridgehead atoms. The van der Waals surface area contributed by atoms with E-state index in [-0.39, 0.29) is 11.3 Å². The van der Waals surface area contributed by atoms with Gasteiger partial charge in [0.05, 0.1) is 0 Å². The number of benzene rings is 1. The zero-order valence-electron chi connectivity index (χ0n) is 8.67. The largest absolute Gasteiger partial charge is 0.489 e. The average molecular weight is 240 g/mol. The smallest absolute Gasteiger partial charge is 0.132 e. The van der Waals surface area contributed by atoms with E-state index in [0.717, 1.165) is 5.56 Å². The summed E-state index contributed by atoms with van der Waals surface area (Å²) in [6.07, 6.45) is 0. The van der Waals surface area contributed by atoms with Crippen LogP contribution in [0.3, 0.4) is 0 Å². The molecule has 0 unspecified atom stereocenters. The second-order valence-electron chi connectivity index (χ2n) is 3.43. The molecule has 0 amide bonds. The first kappa shape index (κ1) is 11.1. The van der Waals surface area contributed by atoms with Crippen LogP contribution in [0.5, 0.6) is 5.75 Å². The standard InChI is InChI=1S/C12H10F2OS/c1-8-11(13)4-10(5-12(8)14)15-6-9-2-3-16-7-9/h2-5,7H,6H2,1H3. The normalized spacial score (nSPS) is 10.4. The molecule has 0 fully saturated rings. The molecular formula is C12H10F2OS. The summed E-state index contributed by atoms with van der Waals surface area (Å²) in [6, 6.07) is 4.31.